The van der Waals surface area contributed by atoms with Crippen molar-refractivity contribution in [3.8, 4) is 0 Å². The number of halogens is 2. The fourth-order valence-corrected chi connectivity index (χ4v) is 2.21. The van der Waals surface area contributed by atoms with Crippen molar-refractivity contribution < 1.29 is 23.0 Å². The summed E-state index contributed by atoms with van der Waals surface area (Å²) in [5.41, 5.74) is 0.300. The maximum Gasteiger partial charge on any atom is 0.227 e. The zero-order valence-electron chi connectivity index (χ0n) is 12.3. The monoisotopic (exact) mass is 299 g/mol. The Bertz CT molecular complexity index is 513. The lowest BCUT2D eigenvalue weighted by Gasteiger charge is -2.18. The summed E-state index contributed by atoms with van der Waals surface area (Å²) in [6, 6.07) is 3.09. The van der Waals surface area contributed by atoms with Gasteiger partial charge < -0.3 is 14.8 Å². The van der Waals surface area contributed by atoms with E-state index in [0.717, 1.165) is 18.2 Å². The van der Waals surface area contributed by atoms with E-state index in [1.807, 2.05) is 0 Å². The molecule has 1 amide bonds. The number of carbonyl (C=O) groups excluding carboxylic acids is 1. The van der Waals surface area contributed by atoms with Crippen molar-refractivity contribution in [3.05, 3.63) is 35.4 Å². The minimum atomic E-state index is -0.695. The van der Waals surface area contributed by atoms with Crippen LogP contribution in [-0.4, -0.2) is 30.9 Å². The van der Waals surface area contributed by atoms with Gasteiger partial charge in [0.25, 0.3) is 0 Å². The van der Waals surface area contributed by atoms with E-state index in [1.165, 1.54) is 0 Å². The van der Waals surface area contributed by atoms with Crippen molar-refractivity contribution in [2.45, 2.75) is 38.6 Å². The van der Waals surface area contributed by atoms with Crippen LogP contribution in [0.2, 0.25) is 0 Å². The summed E-state index contributed by atoms with van der Waals surface area (Å²) >= 11 is 0. The normalized spacial score (nSPS) is 22.0. The van der Waals surface area contributed by atoms with E-state index >= 15 is 0 Å². The fraction of sp³-hybridized carbons (Fsp3) is 0.533. The Morgan fingerprint density at radius 2 is 2.00 bits per heavy atom. The first-order valence-corrected chi connectivity index (χ1v) is 6.82. The lowest BCUT2D eigenvalue weighted by Crippen LogP contribution is -2.36. The molecule has 1 fully saturated rings. The first-order valence-electron chi connectivity index (χ1n) is 6.82. The van der Waals surface area contributed by atoms with Crippen LogP contribution >= 0.6 is 0 Å². The second-order valence-electron chi connectivity index (χ2n) is 5.62. The molecule has 0 aliphatic carbocycles. The second-order valence-corrected chi connectivity index (χ2v) is 5.62. The largest absolute Gasteiger partial charge is 0.353 e. The number of hydrogen-bond acceptors (Lipinski definition) is 3. The van der Waals surface area contributed by atoms with Crippen LogP contribution in [0.1, 0.15) is 32.3 Å². The standard InChI is InChI=1S/C15H19F2NO3/c1-9(10-4-11(16)6-12(17)5-10)14(19)18-7-13-8-20-15(2,3)21-13/h4-6,9,13H,7-8H2,1-3H3,(H,18,19)/t9?,13-/m1/s1. The highest BCUT2D eigenvalue weighted by Gasteiger charge is 2.32. The van der Waals surface area contributed by atoms with Gasteiger partial charge in [-0.3, -0.25) is 4.79 Å². The predicted octanol–water partition coefficient (Wildman–Crippen LogP) is 2.34. The van der Waals surface area contributed by atoms with Gasteiger partial charge in [0.15, 0.2) is 5.79 Å². The molecule has 2 atom stereocenters. The molecule has 116 valence electrons. The van der Waals surface area contributed by atoms with E-state index in [9.17, 15) is 13.6 Å². The van der Waals surface area contributed by atoms with Gasteiger partial charge in [-0.2, -0.15) is 0 Å². The number of nitrogens with one attached hydrogen (secondary N) is 1. The fourth-order valence-electron chi connectivity index (χ4n) is 2.21. The molecule has 1 heterocycles. The van der Waals surface area contributed by atoms with Gasteiger partial charge in [0, 0.05) is 12.6 Å². The number of benzene rings is 1. The molecule has 6 heteroatoms. The molecular weight excluding hydrogens is 280 g/mol. The van der Waals surface area contributed by atoms with E-state index in [2.05, 4.69) is 5.32 Å². The average molecular weight is 299 g/mol. The molecule has 0 spiro atoms. The van der Waals surface area contributed by atoms with Crippen LogP contribution in [0.5, 0.6) is 0 Å². The van der Waals surface area contributed by atoms with Crippen molar-refractivity contribution >= 4 is 5.91 Å². The topological polar surface area (TPSA) is 47.6 Å². The Balaban J connectivity index is 1.91. The second kappa shape index (κ2) is 6.07. The summed E-state index contributed by atoms with van der Waals surface area (Å²) < 4.78 is 37.3. The first-order chi connectivity index (χ1) is 9.77. The molecule has 4 nitrogen and oxygen atoms in total. The third-order valence-electron chi connectivity index (χ3n) is 3.35. The van der Waals surface area contributed by atoms with E-state index in [0.29, 0.717) is 18.7 Å². The van der Waals surface area contributed by atoms with E-state index in [-0.39, 0.29) is 12.0 Å². The summed E-state index contributed by atoms with van der Waals surface area (Å²) in [5, 5.41) is 2.71. The lowest BCUT2D eigenvalue weighted by atomic mass is 10.00. The van der Waals surface area contributed by atoms with Crippen molar-refractivity contribution in [1.82, 2.24) is 5.32 Å². The molecular formula is C15H19F2NO3. The quantitative estimate of drug-likeness (QED) is 0.928. The van der Waals surface area contributed by atoms with Crippen LogP contribution in [0.25, 0.3) is 0 Å². The average Bonchev–Trinajstić information content (AvgIpc) is 2.73. The molecule has 1 aromatic rings. The Hall–Kier alpha value is -1.53. The van der Waals surface area contributed by atoms with Crippen LogP contribution in [-0.2, 0) is 14.3 Å². The molecule has 2 rings (SSSR count). The number of amides is 1. The van der Waals surface area contributed by atoms with Crippen LogP contribution in [0.15, 0.2) is 18.2 Å². The Labute approximate surface area is 122 Å². The van der Waals surface area contributed by atoms with Gasteiger partial charge in [-0.05, 0) is 38.5 Å². The third-order valence-corrected chi connectivity index (χ3v) is 3.35. The zero-order chi connectivity index (χ0) is 15.6. The summed E-state index contributed by atoms with van der Waals surface area (Å²) in [6.45, 7) is 5.89. The highest BCUT2D eigenvalue weighted by molar-refractivity contribution is 5.83. The Morgan fingerprint density at radius 3 is 2.52 bits per heavy atom. The van der Waals surface area contributed by atoms with Gasteiger partial charge in [0.05, 0.1) is 12.5 Å². The number of carbonyl (C=O) groups is 1. The Kier molecular flexibility index (Phi) is 4.58. The predicted molar refractivity (Wildman–Crippen MR) is 72.7 cm³/mol. The van der Waals surface area contributed by atoms with E-state index < -0.39 is 23.3 Å². The lowest BCUT2D eigenvalue weighted by molar-refractivity contribution is -0.139. The maximum atomic E-state index is 13.2. The summed E-state index contributed by atoms with van der Waals surface area (Å²) in [4.78, 5) is 12.0. The van der Waals surface area contributed by atoms with Gasteiger partial charge in [-0.1, -0.05) is 0 Å². The molecule has 0 radical (unpaired) electrons. The van der Waals surface area contributed by atoms with Gasteiger partial charge in [-0.25, -0.2) is 8.78 Å². The number of hydrogen-bond donors (Lipinski definition) is 1. The third kappa shape index (κ3) is 4.22. The highest BCUT2D eigenvalue weighted by Crippen LogP contribution is 2.22. The molecule has 1 N–H and O–H groups in total. The van der Waals surface area contributed by atoms with Gasteiger partial charge in [0.1, 0.15) is 17.7 Å². The van der Waals surface area contributed by atoms with Gasteiger partial charge >= 0.3 is 0 Å². The SMILES string of the molecule is CC(C(=O)NC[C@@H]1COC(C)(C)O1)c1cc(F)cc(F)c1. The van der Waals surface area contributed by atoms with Crippen molar-refractivity contribution in [1.29, 1.82) is 0 Å². The van der Waals surface area contributed by atoms with Crippen LogP contribution in [0, 0.1) is 11.6 Å². The molecule has 1 saturated heterocycles. The molecule has 0 bridgehead atoms. The molecule has 1 unspecified atom stereocenters. The summed E-state index contributed by atoms with van der Waals surface area (Å²) in [7, 11) is 0. The van der Waals surface area contributed by atoms with Crippen molar-refractivity contribution in [3.63, 3.8) is 0 Å². The molecule has 1 aliphatic rings. The summed E-state index contributed by atoms with van der Waals surface area (Å²) in [6.07, 6.45) is -0.222. The minimum absolute atomic E-state index is 0.222. The van der Waals surface area contributed by atoms with Crippen LogP contribution in [0.3, 0.4) is 0 Å². The smallest absolute Gasteiger partial charge is 0.227 e. The van der Waals surface area contributed by atoms with Crippen molar-refractivity contribution in [2.24, 2.45) is 0 Å². The molecule has 1 aromatic carbocycles. The number of ether oxygens (including phenoxy) is 2. The maximum absolute atomic E-state index is 13.2. The Morgan fingerprint density at radius 1 is 1.38 bits per heavy atom. The highest BCUT2D eigenvalue weighted by atomic mass is 19.1. The molecule has 21 heavy (non-hydrogen) atoms. The van der Waals surface area contributed by atoms with E-state index in [4.69, 9.17) is 9.47 Å². The molecule has 0 saturated carbocycles. The first kappa shape index (κ1) is 15.9. The van der Waals surface area contributed by atoms with Gasteiger partial charge in [-0.15, -0.1) is 0 Å². The molecule has 1 aliphatic heterocycles. The zero-order valence-corrected chi connectivity index (χ0v) is 12.3. The van der Waals surface area contributed by atoms with E-state index in [1.54, 1.807) is 20.8 Å². The van der Waals surface area contributed by atoms with Crippen LogP contribution < -0.4 is 5.32 Å². The van der Waals surface area contributed by atoms with Crippen molar-refractivity contribution in [2.75, 3.05) is 13.2 Å². The minimum Gasteiger partial charge on any atom is -0.353 e. The van der Waals surface area contributed by atoms with Gasteiger partial charge in [0.2, 0.25) is 5.91 Å². The summed E-state index contributed by atoms with van der Waals surface area (Å²) in [5.74, 6) is -3.00. The number of rotatable bonds is 4. The van der Waals surface area contributed by atoms with Crippen LogP contribution in [0.4, 0.5) is 8.78 Å². The molecule has 0 aromatic heterocycles.